The molecule has 2 aliphatic rings. The minimum Gasteiger partial charge on any atom is -0.378 e. The fourth-order valence-corrected chi connectivity index (χ4v) is 1.76. The van der Waals surface area contributed by atoms with E-state index in [2.05, 4.69) is 17.2 Å². The van der Waals surface area contributed by atoms with Crippen molar-refractivity contribution in [3.8, 4) is 0 Å². The van der Waals surface area contributed by atoms with Crippen molar-refractivity contribution in [3.63, 3.8) is 0 Å². The molecule has 0 atom stereocenters. The van der Waals surface area contributed by atoms with Crippen molar-refractivity contribution < 1.29 is 9.53 Å². The molecule has 0 saturated carbocycles. The maximum atomic E-state index is 10.8. The Bertz CT molecular complexity index is 323. The second-order valence-electron chi connectivity index (χ2n) is 3.67. The number of carbonyl (C=O) groups excluding carboxylic acids is 1. The van der Waals surface area contributed by atoms with Crippen molar-refractivity contribution in [2.75, 3.05) is 26.3 Å². The van der Waals surface area contributed by atoms with E-state index in [-0.39, 0.29) is 0 Å². The van der Waals surface area contributed by atoms with Crippen LogP contribution >= 0.6 is 0 Å². The predicted octanol–water partition coefficient (Wildman–Crippen LogP) is 1.29. The number of nitrogens with zero attached hydrogens (tertiary/aromatic N) is 1. The highest BCUT2D eigenvalue weighted by Crippen LogP contribution is 2.18. The molecule has 0 unspecified atom stereocenters. The molecule has 1 aliphatic carbocycles. The van der Waals surface area contributed by atoms with Crippen molar-refractivity contribution in [1.29, 1.82) is 0 Å². The number of allylic oxidation sites excluding steroid dienone is 5. The Kier molecular flexibility index (Phi) is 3.35. The average molecular weight is 205 g/mol. The maximum Gasteiger partial charge on any atom is 0.150 e. The van der Waals surface area contributed by atoms with Gasteiger partial charge in [0.1, 0.15) is 6.29 Å². The number of aldehydes is 1. The van der Waals surface area contributed by atoms with E-state index in [4.69, 9.17) is 4.74 Å². The van der Waals surface area contributed by atoms with Crippen LogP contribution < -0.4 is 0 Å². The normalized spacial score (nSPS) is 24.1. The molecule has 0 aromatic rings. The summed E-state index contributed by atoms with van der Waals surface area (Å²) >= 11 is 0. The molecule has 0 aromatic carbocycles. The smallest absolute Gasteiger partial charge is 0.150 e. The predicted molar refractivity (Wildman–Crippen MR) is 58.4 cm³/mol. The molecule has 0 amide bonds. The van der Waals surface area contributed by atoms with Crippen LogP contribution in [0.1, 0.15) is 6.42 Å². The van der Waals surface area contributed by atoms with Crippen LogP contribution in [0.4, 0.5) is 0 Å². The Labute approximate surface area is 89.7 Å². The third kappa shape index (κ3) is 2.57. The van der Waals surface area contributed by atoms with Gasteiger partial charge in [-0.25, -0.2) is 0 Å². The lowest BCUT2D eigenvalue weighted by Crippen LogP contribution is -2.32. The monoisotopic (exact) mass is 205 g/mol. The van der Waals surface area contributed by atoms with Crippen molar-refractivity contribution in [1.82, 2.24) is 4.90 Å². The van der Waals surface area contributed by atoms with Gasteiger partial charge in [-0.2, -0.15) is 0 Å². The van der Waals surface area contributed by atoms with E-state index in [9.17, 15) is 4.79 Å². The van der Waals surface area contributed by atoms with Crippen LogP contribution in [0.25, 0.3) is 0 Å². The first-order chi connectivity index (χ1) is 7.40. The van der Waals surface area contributed by atoms with Gasteiger partial charge in [0, 0.05) is 24.9 Å². The van der Waals surface area contributed by atoms with Gasteiger partial charge in [-0.15, -0.1) is 0 Å². The van der Waals surface area contributed by atoms with E-state index >= 15 is 0 Å². The summed E-state index contributed by atoms with van der Waals surface area (Å²) in [6.45, 7) is 3.39. The lowest BCUT2D eigenvalue weighted by atomic mass is 10.00. The number of carbonyl (C=O) groups is 1. The zero-order valence-electron chi connectivity index (χ0n) is 8.69. The molecule has 3 nitrogen and oxygen atoms in total. The molecule has 0 aromatic heterocycles. The van der Waals surface area contributed by atoms with Gasteiger partial charge in [-0.3, -0.25) is 4.79 Å². The van der Waals surface area contributed by atoms with Crippen molar-refractivity contribution in [3.05, 3.63) is 35.6 Å². The molecule has 1 heterocycles. The van der Waals surface area contributed by atoms with Crippen LogP contribution in [0.15, 0.2) is 35.6 Å². The van der Waals surface area contributed by atoms with Gasteiger partial charge in [0.05, 0.1) is 13.2 Å². The molecular formula is C12H15NO2. The van der Waals surface area contributed by atoms with Crippen LogP contribution in [-0.4, -0.2) is 37.5 Å². The topological polar surface area (TPSA) is 29.5 Å². The molecule has 1 aliphatic heterocycles. The van der Waals surface area contributed by atoms with Crippen molar-refractivity contribution in [2.45, 2.75) is 6.42 Å². The number of ether oxygens (including phenoxy) is 1. The van der Waals surface area contributed by atoms with Crippen LogP contribution in [0.2, 0.25) is 0 Å². The van der Waals surface area contributed by atoms with E-state index in [0.717, 1.165) is 50.2 Å². The van der Waals surface area contributed by atoms with Crippen LogP contribution in [0, 0.1) is 0 Å². The van der Waals surface area contributed by atoms with E-state index in [0.29, 0.717) is 0 Å². The molecule has 0 N–H and O–H groups in total. The Hall–Kier alpha value is -1.35. The largest absolute Gasteiger partial charge is 0.378 e. The Balaban J connectivity index is 2.08. The van der Waals surface area contributed by atoms with E-state index in [1.54, 1.807) is 0 Å². The molecule has 1 fully saturated rings. The molecule has 2 rings (SSSR count). The quantitative estimate of drug-likeness (QED) is 0.636. The highest BCUT2D eigenvalue weighted by atomic mass is 16.5. The van der Waals surface area contributed by atoms with Crippen LogP contribution in [0.3, 0.4) is 0 Å². The summed E-state index contributed by atoms with van der Waals surface area (Å²) in [5.74, 6) is 0. The Morgan fingerprint density at radius 3 is 2.87 bits per heavy atom. The van der Waals surface area contributed by atoms with E-state index < -0.39 is 0 Å². The first-order valence-corrected chi connectivity index (χ1v) is 5.25. The van der Waals surface area contributed by atoms with Crippen molar-refractivity contribution in [2.24, 2.45) is 0 Å². The fourth-order valence-electron chi connectivity index (χ4n) is 1.76. The average Bonchev–Trinajstić information content (AvgIpc) is 2.31. The molecular weight excluding hydrogens is 190 g/mol. The van der Waals surface area contributed by atoms with Gasteiger partial charge in [0.15, 0.2) is 0 Å². The fraction of sp³-hybridized carbons (Fsp3) is 0.417. The molecule has 15 heavy (non-hydrogen) atoms. The first kappa shape index (κ1) is 10.2. The van der Waals surface area contributed by atoms with Gasteiger partial charge in [-0.05, 0) is 12.0 Å². The lowest BCUT2D eigenvalue weighted by Gasteiger charge is -2.26. The Morgan fingerprint density at radius 2 is 2.13 bits per heavy atom. The second kappa shape index (κ2) is 4.94. The van der Waals surface area contributed by atoms with E-state index in [1.807, 2.05) is 12.2 Å². The summed E-state index contributed by atoms with van der Waals surface area (Å²) in [4.78, 5) is 13.0. The number of rotatable bonds is 2. The Morgan fingerprint density at radius 1 is 1.33 bits per heavy atom. The summed E-state index contributed by atoms with van der Waals surface area (Å²) < 4.78 is 5.27. The van der Waals surface area contributed by atoms with Gasteiger partial charge < -0.3 is 9.64 Å². The summed E-state index contributed by atoms with van der Waals surface area (Å²) in [5, 5.41) is 0. The molecule has 0 bridgehead atoms. The van der Waals surface area contributed by atoms with Crippen molar-refractivity contribution >= 4 is 6.29 Å². The number of hydrogen-bond acceptors (Lipinski definition) is 3. The highest BCUT2D eigenvalue weighted by molar-refractivity contribution is 5.81. The minimum absolute atomic E-state index is 0.778. The second-order valence-corrected chi connectivity index (χ2v) is 3.67. The van der Waals surface area contributed by atoms with Crippen LogP contribution in [-0.2, 0) is 9.53 Å². The lowest BCUT2D eigenvalue weighted by molar-refractivity contribution is -0.104. The van der Waals surface area contributed by atoms with Crippen LogP contribution in [0.5, 0.6) is 0 Å². The minimum atomic E-state index is 0.778. The SMILES string of the molecule is O=CC1=CC=CCC1=CN1CCOCC1. The molecule has 3 heteroatoms. The third-order valence-electron chi connectivity index (χ3n) is 2.63. The number of hydrogen-bond donors (Lipinski definition) is 0. The maximum absolute atomic E-state index is 10.8. The molecule has 1 saturated heterocycles. The standard InChI is InChI=1S/C12H15NO2/c14-10-12-4-2-1-3-11(12)9-13-5-7-15-8-6-13/h1-2,4,9-10H,3,5-8H2. The molecule has 0 radical (unpaired) electrons. The zero-order valence-corrected chi connectivity index (χ0v) is 8.69. The summed E-state index contributed by atoms with van der Waals surface area (Å²) in [7, 11) is 0. The third-order valence-corrected chi connectivity index (χ3v) is 2.63. The number of morpholine rings is 1. The summed E-state index contributed by atoms with van der Waals surface area (Å²) in [5.41, 5.74) is 1.90. The van der Waals surface area contributed by atoms with E-state index in [1.165, 1.54) is 0 Å². The first-order valence-electron chi connectivity index (χ1n) is 5.25. The van der Waals surface area contributed by atoms with Gasteiger partial charge in [-0.1, -0.05) is 18.2 Å². The molecule has 80 valence electrons. The van der Waals surface area contributed by atoms with Gasteiger partial charge >= 0.3 is 0 Å². The van der Waals surface area contributed by atoms with Gasteiger partial charge in [0.25, 0.3) is 0 Å². The molecule has 0 spiro atoms. The van der Waals surface area contributed by atoms with Gasteiger partial charge in [0.2, 0.25) is 0 Å². The summed E-state index contributed by atoms with van der Waals surface area (Å²) in [6, 6.07) is 0. The highest BCUT2D eigenvalue weighted by Gasteiger charge is 2.10. The zero-order chi connectivity index (χ0) is 10.5. The summed E-state index contributed by atoms with van der Waals surface area (Å²) in [6.07, 6.45) is 9.73.